The van der Waals surface area contributed by atoms with Gasteiger partial charge in [-0.15, -0.1) is 6.58 Å². The SMILES string of the molecule is C=CCc1cccc(C2C3=CCC4C(=O)N(Cc5ccccc5)C(=O)C4C3CC3C(=O)N(c4ccccc4)C(=O)C32C)c1O. The van der Waals surface area contributed by atoms with Crippen molar-refractivity contribution in [3.05, 3.63) is 120 Å². The lowest BCUT2D eigenvalue weighted by molar-refractivity contribution is -0.141. The molecule has 2 aliphatic heterocycles. The van der Waals surface area contributed by atoms with Crippen LogP contribution in [0.4, 0.5) is 5.69 Å². The second-order valence-corrected chi connectivity index (χ2v) is 12.6. The molecule has 7 heteroatoms. The summed E-state index contributed by atoms with van der Waals surface area (Å²) < 4.78 is 0. The molecule has 4 aliphatic rings. The van der Waals surface area contributed by atoms with Crippen molar-refractivity contribution in [3.8, 4) is 5.75 Å². The van der Waals surface area contributed by atoms with E-state index >= 15 is 0 Å². The summed E-state index contributed by atoms with van der Waals surface area (Å²) in [5.41, 5.74) is 2.25. The number of aromatic hydroxyl groups is 1. The van der Waals surface area contributed by atoms with E-state index in [2.05, 4.69) is 6.58 Å². The van der Waals surface area contributed by atoms with Crippen LogP contribution in [0, 0.1) is 29.1 Å². The molecule has 7 rings (SSSR count). The fourth-order valence-corrected chi connectivity index (χ4v) is 8.33. The van der Waals surface area contributed by atoms with E-state index in [0.29, 0.717) is 29.7 Å². The van der Waals surface area contributed by atoms with E-state index in [-0.39, 0.29) is 42.3 Å². The zero-order valence-electron chi connectivity index (χ0n) is 24.6. The molecule has 2 saturated heterocycles. The molecule has 6 unspecified atom stereocenters. The summed E-state index contributed by atoms with van der Waals surface area (Å²) in [5.74, 6) is -3.98. The van der Waals surface area contributed by atoms with Gasteiger partial charge in [0.15, 0.2) is 0 Å². The van der Waals surface area contributed by atoms with E-state index in [9.17, 15) is 24.3 Å². The van der Waals surface area contributed by atoms with Gasteiger partial charge in [-0.2, -0.15) is 0 Å². The first-order chi connectivity index (χ1) is 21.3. The van der Waals surface area contributed by atoms with Crippen LogP contribution in [-0.2, 0) is 32.1 Å². The summed E-state index contributed by atoms with van der Waals surface area (Å²) in [7, 11) is 0. The third kappa shape index (κ3) is 3.95. The molecule has 3 aromatic carbocycles. The Bertz CT molecular complexity index is 1730. The Balaban J connectivity index is 1.36. The Hall–Kier alpha value is -4.78. The van der Waals surface area contributed by atoms with Crippen molar-refractivity contribution in [2.24, 2.45) is 29.1 Å². The number of hydrogen-bond acceptors (Lipinski definition) is 5. The van der Waals surface area contributed by atoms with Gasteiger partial charge in [0.1, 0.15) is 5.75 Å². The molecule has 2 aliphatic carbocycles. The summed E-state index contributed by atoms with van der Waals surface area (Å²) in [6.45, 7) is 5.85. The van der Waals surface area contributed by atoms with E-state index in [1.807, 2.05) is 67.6 Å². The van der Waals surface area contributed by atoms with Crippen molar-refractivity contribution in [2.75, 3.05) is 4.90 Å². The maximum absolute atomic E-state index is 14.5. The van der Waals surface area contributed by atoms with E-state index in [1.54, 1.807) is 30.3 Å². The normalized spacial score (nSPS) is 29.3. The second-order valence-electron chi connectivity index (χ2n) is 12.6. The number of phenolic OH excluding ortho intramolecular Hbond substituents is 1. The van der Waals surface area contributed by atoms with Gasteiger partial charge in [-0.05, 0) is 55.4 Å². The molecule has 0 bridgehead atoms. The zero-order valence-corrected chi connectivity index (χ0v) is 24.6. The maximum atomic E-state index is 14.5. The number of rotatable bonds is 6. The Kier molecular flexibility index (Phi) is 6.65. The average molecular weight is 587 g/mol. The number of carbonyl (C=O) groups excluding carboxylic acids is 4. The monoisotopic (exact) mass is 586 g/mol. The molecular weight excluding hydrogens is 552 g/mol. The highest BCUT2D eigenvalue weighted by Gasteiger charge is 2.67. The lowest BCUT2D eigenvalue weighted by Gasteiger charge is -2.49. The number of allylic oxidation sites excluding steroid dienone is 3. The number of fused-ring (bicyclic) bond motifs is 4. The summed E-state index contributed by atoms with van der Waals surface area (Å²) in [4.78, 5) is 59.2. The number of amides is 4. The number of carbonyl (C=O) groups is 4. The van der Waals surface area contributed by atoms with E-state index in [0.717, 1.165) is 11.1 Å². The zero-order chi connectivity index (χ0) is 30.7. The van der Waals surface area contributed by atoms with Crippen LogP contribution in [0.1, 0.15) is 42.4 Å². The topological polar surface area (TPSA) is 95.0 Å². The molecule has 222 valence electrons. The number of nitrogens with zero attached hydrogens (tertiary/aromatic N) is 2. The van der Waals surface area contributed by atoms with Gasteiger partial charge in [0, 0.05) is 11.5 Å². The van der Waals surface area contributed by atoms with Crippen molar-refractivity contribution in [1.29, 1.82) is 0 Å². The average Bonchev–Trinajstić information content (AvgIpc) is 3.39. The number of para-hydroxylation sites is 2. The van der Waals surface area contributed by atoms with Gasteiger partial charge in [0.05, 0.1) is 35.4 Å². The summed E-state index contributed by atoms with van der Waals surface area (Å²) in [6.07, 6.45) is 4.80. The van der Waals surface area contributed by atoms with Crippen LogP contribution in [0.3, 0.4) is 0 Å². The minimum absolute atomic E-state index is 0.0685. The molecule has 6 atom stereocenters. The van der Waals surface area contributed by atoms with E-state index < -0.39 is 35.0 Å². The molecule has 1 saturated carbocycles. The molecule has 0 aromatic heterocycles. The third-order valence-electron chi connectivity index (χ3n) is 10.4. The van der Waals surface area contributed by atoms with Gasteiger partial charge < -0.3 is 5.11 Å². The smallest absolute Gasteiger partial charge is 0.241 e. The van der Waals surface area contributed by atoms with Gasteiger partial charge in [0.2, 0.25) is 23.6 Å². The van der Waals surface area contributed by atoms with Gasteiger partial charge in [0.25, 0.3) is 0 Å². The van der Waals surface area contributed by atoms with Gasteiger partial charge in [-0.3, -0.25) is 24.1 Å². The number of imide groups is 2. The lowest BCUT2D eigenvalue weighted by Crippen LogP contribution is -2.48. The van der Waals surface area contributed by atoms with Crippen LogP contribution in [0.25, 0.3) is 0 Å². The standard InChI is InChI=1S/C37H34N2O5/c1-3-11-23-14-10-17-27(32(23)40)31-25-18-19-26-30(35(43)38(33(26)41)21-22-12-6-4-7-13-22)28(25)20-29-34(42)39(36(44)37(29,31)2)24-15-8-5-9-16-24/h3-10,12-18,26,28-31,40H,1,11,19-21H2,2H3. The number of phenols is 1. The van der Waals surface area contributed by atoms with Gasteiger partial charge >= 0.3 is 0 Å². The predicted molar refractivity (Wildman–Crippen MR) is 165 cm³/mol. The number of anilines is 1. The van der Waals surface area contributed by atoms with Crippen molar-refractivity contribution in [1.82, 2.24) is 4.90 Å². The fourth-order valence-electron chi connectivity index (χ4n) is 8.33. The van der Waals surface area contributed by atoms with E-state index in [4.69, 9.17) is 0 Å². The van der Waals surface area contributed by atoms with Gasteiger partial charge in [-0.25, -0.2) is 4.90 Å². The molecular formula is C37H34N2O5. The van der Waals surface area contributed by atoms with Crippen LogP contribution >= 0.6 is 0 Å². The summed E-state index contributed by atoms with van der Waals surface area (Å²) in [6, 6.07) is 23.9. The second kappa shape index (κ2) is 10.4. The number of benzene rings is 3. The minimum Gasteiger partial charge on any atom is -0.507 e. The van der Waals surface area contributed by atoms with Gasteiger partial charge in [-0.1, -0.05) is 84.5 Å². The lowest BCUT2D eigenvalue weighted by atomic mass is 9.51. The fraction of sp³-hybridized carbons (Fsp3) is 0.297. The first-order valence-corrected chi connectivity index (χ1v) is 15.2. The maximum Gasteiger partial charge on any atom is 0.241 e. The highest BCUT2D eigenvalue weighted by molar-refractivity contribution is 6.24. The third-order valence-corrected chi connectivity index (χ3v) is 10.4. The van der Waals surface area contributed by atoms with Crippen molar-refractivity contribution in [3.63, 3.8) is 0 Å². The molecule has 44 heavy (non-hydrogen) atoms. The summed E-state index contributed by atoms with van der Waals surface area (Å²) in [5, 5.41) is 11.6. The van der Waals surface area contributed by atoms with Crippen LogP contribution in [0.15, 0.2) is 103 Å². The van der Waals surface area contributed by atoms with Crippen molar-refractivity contribution < 1.29 is 24.3 Å². The molecule has 3 fully saturated rings. The highest BCUT2D eigenvalue weighted by Crippen LogP contribution is 2.64. The van der Waals surface area contributed by atoms with Crippen molar-refractivity contribution in [2.45, 2.75) is 38.6 Å². The molecule has 0 spiro atoms. The Morgan fingerprint density at radius 3 is 2.30 bits per heavy atom. The van der Waals surface area contributed by atoms with Crippen LogP contribution < -0.4 is 4.90 Å². The van der Waals surface area contributed by atoms with Crippen LogP contribution in [-0.4, -0.2) is 33.6 Å². The molecule has 0 radical (unpaired) electrons. The first kappa shape index (κ1) is 28.0. The minimum atomic E-state index is -1.21. The largest absolute Gasteiger partial charge is 0.507 e. The summed E-state index contributed by atoms with van der Waals surface area (Å²) >= 11 is 0. The quantitative estimate of drug-likeness (QED) is 0.302. The predicted octanol–water partition coefficient (Wildman–Crippen LogP) is 5.55. The molecule has 3 aromatic rings. The number of likely N-dealkylation sites (tertiary alicyclic amines) is 1. The molecule has 4 amide bonds. The first-order valence-electron chi connectivity index (χ1n) is 15.2. The van der Waals surface area contributed by atoms with Crippen LogP contribution in [0.2, 0.25) is 0 Å². The molecule has 7 nitrogen and oxygen atoms in total. The molecule has 1 N–H and O–H groups in total. The number of hydrogen-bond donors (Lipinski definition) is 1. The Morgan fingerprint density at radius 1 is 0.886 bits per heavy atom. The highest BCUT2D eigenvalue weighted by atomic mass is 16.3. The van der Waals surface area contributed by atoms with Crippen LogP contribution in [0.5, 0.6) is 5.75 Å². The molecule has 2 heterocycles. The Labute approximate surface area is 256 Å². The van der Waals surface area contributed by atoms with Crippen molar-refractivity contribution >= 4 is 29.3 Å². The van der Waals surface area contributed by atoms with E-state index in [1.165, 1.54) is 9.80 Å². The Morgan fingerprint density at radius 2 is 1.59 bits per heavy atom.